The number of carbonyl (C=O) groups excluding carboxylic acids is 3. The Morgan fingerprint density at radius 2 is 1.94 bits per heavy atom. The van der Waals surface area contributed by atoms with Gasteiger partial charge in [0.05, 0.1) is 5.56 Å². The second-order valence-corrected chi connectivity index (χ2v) is 4.60. The maximum absolute atomic E-state index is 11.6. The molecule has 0 aliphatic carbocycles. The molecule has 0 spiro atoms. The van der Waals surface area contributed by atoms with E-state index in [1.165, 1.54) is 6.20 Å². The summed E-state index contributed by atoms with van der Waals surface area (Å²) < 4.78 is 0.760. The van der Waals surface area contributed by atoms with Crippen LogP contribution in [-0.2, 0) is 14.4 Å². The lowest BCUT2D eigenvalue weighted by atomic mass is 10.3. The van der Waals surface area contributed by atoms with E-state index in [1.54, 1.807) is 12.3 Å². The lowest BCUT2D eigenvalue weighted by Crippen LogP contribution is -2.32. The van der Waals surface area contributed by atoms with Gasteiger partial charge in [-0.25, -0.2) is 4.79 Å². The number of hydrogen-bond acceptors (Lipinski definition) is 5. The van der Waals surface area contributed by atoms with Crippen LogP contribution in [0.1, 0.15) is 23.2 Å². The molecule has 1 fully saturated rings. The zero-order valence-electron chi connectivity index (χ0n) is 8.55. The number of rotatable bonds is 2. The number of nitrogens with zero attached hydrogens (tertiary/aromatic N) is 2. The van der Waals surface area contributed by atoms with Crippen molar-refractivity contribution in [2.75, 3.05) is 0 Å². The van der Waals surface area contributed by atoms with Gasteiger partial charge in [-0.05, 0) is 28.7 Å². The summed E-state index contributed by atoms with van der Waals surface area (Å²) in [4.78, 5) is 42.6. The molecule has 0 atom stereocenters. The molecule has 0 N–H and O–H groups in total. The largest absolute Gasteiger partial charge is 0.365 e. The predicted molar refractivity (Wildman–Crippen MR) is 63.5 cm³/mol. The van der Waals surface area contributed by atoms with Crippen molar-refractivity contribution in [1.82, 2.24) is 10.0 Å². The Hall–Kier alpha value is -1.51. The summed E-state index contributed by atoms with van der Waals surface area (Å²) in [6.45, 7) is 0. The molecule has 0 unspecified atom stereocenters. The SMILES string of the molecule is O=C(ON1C(=O)CCC1=O)c1cncc([131I])c1. The zero-order valence-corrected chi connectivity index (χ0v) is 10.7. The highest BCUT2D eigenvalue weighted by Gasteiger charge is 2.33. The van der Waals surface area contributed by atoms with Crippen molar-refractivity contribution in [2.45, 2.75) is 12.8 Å². The number of pyridine rings is 1. The quantitative estimate of drug-likeness (QED) is 0.585. The van der Waals surface area contributed by atoms with Crippen molar-refractivity contribution in [3.05, 3.63) is 27.6 Å². The molecule has 0 radical (unpaired) electrons. The maximum Gasteiger partial charge on any atom is 0.365 e. The summed E-state index contributed by atoms with van der Waals surface area (Å²) in [6.07, 6.45) is 3.05. The summed E-state index contributed by atoms with van der Waals surface area (Å²) in [7, 11) is 0. The standard InChI is InChI=1S/C10H7IN2O4/c11-7-3-6(4-12-5-7)10(16)17-13-8(14)1-2-9(13)15/h3-5H,1-2H2/i11+4. The summed E-state index contributed by atoms with van der Waals surface area (Å²) in [5.74, 6) is -1.76. The molecule has 1 saturated heterocycles. The van der Waals surface area contributed by atoms with E-state index in [1.807, 2.05) is 22.6 Å². The molecule has 0 saturated carbocycles. The molecule has 0 aromatic carbocycles. The summed E-state index contributed by atoms with van der Waals surface area (Å²) in [5.41, 5.74) is 0.199. The van der Waals surface area contributed by atoms with Gasteiger partial charge in [-0.3, -0.25) is 14.6 Å². The first-order valence-corrected chi connectivity index (χ1v) is 5.84. The Morgan fingerprint density at radius 1 is 1.29 bits per heavy atom. The Labute approximate surface area is 110 Å². The van der Waals surface area contributed by atoms with E-state index in [0.717, 1.165) is 3.57 Å². The molecule has 1 aliphatic rings. The van der Waals surface area contributed by atoms with Gasteiger partial charge in [0.25, 0.3) is 11.8 Å². The van der Waals surface area contributed by atoms with Gasteiger partial charge in [0, 0.05) is 28.8 Å². The highest BCUT2D eigenvalue weighted by molar-refractivity contribution is 14.1. The van der Waals surface area contributed by atoms with Crippen LogP contribution in [0.3, 0.4) is 0 Å². The minimum atomic E-state index is -0.764. The summed E-state index contributed by atoms with van der Waals surface area (Å²) in [6, 6.07) is 1.56. The van der Waals surface area contributed by atoms with Crippen LogP contribution in [0.2, 0.25) is 0 Å². The number of hydroxylamine groups is 2. The van der Waals surface area contributed by atoms with Gasteiger partial charge in [-0.2, -0.15) is 0 Å². The first-order chi connectivity index (χ1) is 8.08. The maximum atomic E-state index is 11.6. The molecule has 17 heavy (non-hydrogen) atoms. The number of hydrogen-bond donors (Lipinski definition) is 0. The third kappa shape index (κ3) is 2.60. The van der Waals surface area contributed by atoms with E-state index in [0.29, 0.717) is 5.06 Å². The molecular formula is C10H7IN2O4. The van der Waals surface area contributed by atoms with Crippen molar-refractivity contribution < 1.29 is 19.2 Å². The van der Waals surface area contributed by atoms with Crippen LogP contribution in [0.5, 0.6) is 0 Å². The van der Waals surface area contributed by atoms with E-state index in [9.17, 15) is 14.4 Å². The van der Waals surface area contributed by atoms with E-state index in [4.69, 9.17) is 4.84 Å². The van der Waals surface area contributed by atoms with Crippen molar-refractivity contribution in [3.63, 3.8) is 0 Å². The van der Waals surface area contributed by atoms with Gasteiger partial charge in [-0.15, -0.1) is 5.06 Å². The Morgan fingerprint density at radius 3 is 2.53 bits per heavy atom. The normalized spacial score (nSPS) is 15.2. The van der Waals surface area contributed by atoms with Crippen molar-refractivity contribution >= 4 is 40.4 Å². The molecule has 1 aromatic rings. The average molecular weight is 350 g/mol. The van der Waals surface area contributed by atoms with Crippen LogP contribution in [0, 0.1) is 3.57 Å². The van der Waals surface area contributed by atoms with Crippen LogP contribution in [0.15, 0.2) is 18.5 Å². The van der Waals surface area contributed by atoms with Crippen molar-refractivity contribution in [1.29, 1.82) is 0 Å². The average Bonchev–Trinajstić information content (AvgIpc) is 2.61. The predicted octanol–water partition coefficient (Wildman–Crippen LogP) is 0.907. The molecule has 2 heterocycles. The van der Waals surface area contributed by atoms with Gasteiger partial charge in [0.1, 0.15) is 0 Å². The molecule has 1 aromatic heterocycles. The van der Waals surface area contributed by atoms with Crippen LogP contribution < -0.4 is 0 Å². The third-order valence-corrected chi connectivity index (χ3v) is 2.71. The van der Waals surface area contributed by atoms with E-state index in [2.05, 4.69) is 4.98 Å². The minimum absolute atomic E-state index is 0.0800. The number of aromatic nitrogens is 1. The number of imide groups is 1. The highest BCUT2D eigenvalue weighted by Crippen LogP contribution is 2.14. The number of amides is 2. The Kier molecular flexibility index (Phi) is 3.36. The Balaban J connectivity index is 2.12. The summed E-state index contributed by atoms with van der Waals surface area (Å²) in [5, 5.41) is 0.516. The van der Waals surface area contributed by atoms with E-state index < -0.39 is 17.8 Å². The molecule has 0 bridgehead atoms. The second-order valence-electron chi connectivity index (χ2n) is 3.35. The molecule has 88 valence electrons. The highest BCUT2D eigenvalue weighted by atomic mass is 131. The fourth-order valence-electron chi connectivity index (χ4n) is 1.32. The smallest absolute Gasteiger partial charge is 0.325 e. The van der Waals surface area contributed by atoms with Gasteiger partial charge in [-0.1, -0.05) is 0 Å². The van der Waals surface area contributed by atoms with Crippen LogP contribution in [-0.4, -0.2) is 27.8 Å². The fourth-order valence-corrected chi connectivity index (χ4v) is 1.81. The third-order valence-electron chi connectivity index (χ3n) is 2.12. The monoisotopic (exact) mass is 350 g/mol. The molecule has 1 aliphatic heterocycles. The van der Waals surface area contributed by atoms with Crippen molar-refractivity contribution in [2.24, 2.45) is 0 Å². The van der Waals surface area contributed by atoms with Gasteiger partial charge < -0.3 is 4.84 Å². The summed E-state index contributed by atoms with van der Waals surface area (Å²) >= 11 is 1.99. The molecule has 2 rings (SSSR count). The van der Waals surface area contributed by atoms with Gasteiger partial charge >= 0.3 is 5.97 Å². The topological polar surface area (TPSA) is 76.6 Å². The van der Waals surface area contributed by atoms with Crippen molar-refractivity contribution in [3.8, 4) is 0 Å². The molecule has 6 nitrogen and oxygen atoms in total. The number of halogens is 1. The van der Waals surface area contributed by atoms with E-state index >= 15 is 0 Å². The van der Waals surface area contributed by atoms with Crippen LogP contribution in [0.25, 0.3) is 0 Å². The molecule has 2 amide bonds. The van der Waals surface area contributed by atoms with Crippen LogP contribution in [0.4, 0.5) is 0 Å². The zero-order chi connectivity index (χ0) is 12.4. The van der Waals surface area contributed by atoms with Gasteiger partial charge in [0.15, 0.2) is 0 Å². The van der Waals surface area contributed by atoms with Crippen LogP contribution >= 0.6 is 22.6 Å². The lowest BCUT2D eigenvalue weighted by Gasteiger charge is -2.12. The Bertz CT molecular complexity index is 487. The molecule has 7 heteroatoms. The second kappa shape index (κ2) is 4.78. The first kappa shape index (κ1) is 12.0. The first-order valence-electron chi connectivity index (χ1n) is 4.76. The lowest BCUT2D eigenvalue weighted by molar-refractivity contribution is -0.172. The number of carbonyl (C=O) groups is 3. The van der Waals surface area contributed by atoms with Gasteiger partial charge in [0.2, 0.25) is 0 Å². The van der Waals surface area contributed by atoms with E-state index in [-0.39, 0.29) is 18.4 Å². The minimum Gasteiger partial charge on any atom is -0.325 e. The molecular weight excluding hydrogens is 343 g/mol. The fraction of sp³-hybridized carbons (Fsp3) is 0.200.